The van der Waals surface area contributed by atoms with Crippen LogP contribution in [-0.2, 0) is 6.54 Å². The van der Waals surface area contributed by atoms with Gasteiger partial charge in [-0.2, -0.15) is 0 Å². The van der Waals surface area contributed by atoms with Crippen molar-refractivity contribution < 1.29 is 4.39 Å². The van der Waals surface area contributed by atoms with Crippen molar-refractivity contribution in [2.45, 2.75) is 6.54 Å². The van der Waals surface area contributed by atoms with Crippen LogP contribution in [-0.4, -0.2) is 49.1 Å². The lowest BCUT2D eigenvalue weighted by Crippen LogP contribution is -2.52. The highest BCUT2D eigenvalue weighted by Crippen LogP contribution is 2.12. The predicted octanol–water partition coefficient (Wildman–Crippen LogP) is 2.74. The molecule has 1 saturated heterocycles. The molecular weight excluding hydrogens is 432 g/mol. The summed E-state index contributed by atoms with van der Waals surface area (Å²) in [7, 11) is 1.78. The lowest BCUT2D eigenvalue weighted by Gasteiger charge is -2.37. The van der Waals surface area contributed by atoms with Crippen molar-refractivity contribution in [3.8, 4) is 0 Å². The zero-order valence-electron chi connectivity index (χ0n) is 14.2. The summed E-state index contributed by atoms with van der Waals surface area (Å²) in [6.45, 7) is 4.11. The van der Waals surface area contributed by atoms with Crippen LogP contribution < -0.4 is 10.2 Å². The summed E-state index contributed by atoms with van der Waals surface area (Å²) in [5.41, 5.74) is 0.906. The fourth-order valence-electron chi connectivity index (χ4n) is 2.85. The average molecular weight is 455 g/mol. The number of anilines is 1. The number of pyridine rings is 1. The third kappa shape index (κ3) is 5.29. The Morgan fingerprint density at radius 3 is 2.60 bits per heavy atom. The summed E-state index contributed by atoms with van der Waals surface area (Å²) < 4.78 is 13.3. The number of hydrogen-bond donors (Lipinski definition) is 1. The number of halogens is 2. The molecule has 1 aliphatic heterocycles. The Hall–Kier alpha value is -1.90. The van der Waals surface area contributed by atoms with Crippen LogP contribution in [0.25, 0.3) is 0 Å². The van der Waals surface area contributed by atoms with Gasteiger partial charge in [0.05, 0.1) is 0 Å². The molecule has 1 aromatic carbocycles. The van der Waals surface area contributed by atoms with Gasteiger partial charge in [-0.05, 0) is 29.8 Å². The normalized spacial score (nSPS) is 14.9. The molecule has 1 aliphatic rings. The lowest BCUT2D eigenvalue weighted by atomic mass is 10.2. The van der Waals surface area contributed by atoms with Gasteiger partial charge in [-0.25, -0.2) is 9.37 Å². The molecule has 1 aromatic heterocycles. The second kappa shape index (κ2) is 9.55. The first-order valence-electron chi connectivity index (χ1n) is 8.12. The van der Waals surface area contributed by atoms with Crippen molar-refractivity contribution in [3.05, 3.63) is 60.0 Å². The van der Waals surface area contributed by atoms with Crippen molar-refractivity contribution >= 4 is 35.8 Å². The third-order valence-electron chi connectivity index (χ3n) is 4.10. The van der Waals surface area contributed by atoms with E-state index < -0.39 is 0 Å². The predicted molar refractivity (Wildman–Crippen MR) is 110 cm³/mol. The van der Waals surface area contributed by atoms with E-state index in [9.17, 15) is 4.39 Å². The summed E-state index contributed by atoms with van der Waals surface area (Å²) in [5.74, 6) is 1.65. The molecule has 25 heavy (non-hydrogen) atoms. The van der Waals surface area contributed by atoms with Crippen LogP contribution in [0.15, 0.2) is 53.7 Å². The Morgan fingerprint density at radius 1 is 1.16 bits per heavy atom. The third-order valence-corrected chi connectivity index (χ3v) is 4.10. The van der Waals surface area contributed by atoms with Gasteiger partial charge in [0, 0.05) is 46.0 Å². The van der Waals surface area contributed by atoms with Crippen molar-refractivity contribution in [1.29, 1.82) is 0 Å². The molecule has 0 unspecified atom stereocenters. The monoisotopic (exact) mass is 455 g/mol. The Balaban J connectivity index is 0.00000225. The molecular formula is C18H23FIN5. The fraction of sp³-hybridized carbons (Fsp3) is 0.333. The maximum absolute atomic E-state index is 13.3. The fourth-order valence-corrected chi connectivity index (χ4v) is 2.85. The summed E-state index contributed by atoms with van der Waals surface area (Å²) in [6.07, 6.45) is 1.82. The molecule has 2 aromatic rings. The van der Waals surface area contributed by atoms with Crippen LogP contribution in [0.2, 0.25) is 0 Å². The molecule has 0 atom stereocenters. The van der Waals surface area contributed by atoms with Crippen LogP contribution in [0.1, 0.15) is 5.56 Å². The second-order valence-electron chi connectivity index (χ2n) is 5.69. The Morgan fingerprint density at radius 2 is 1.96 bits per heavy atom. The molecule has 0 aliphatic carbocycles. The standard InChI is InChI=1S/C18H22FN5.HI/c1-20-18(22-14-15-5-4-6-16(19)13-15)24-11-9-23(10-12-24)17-7-2-3-8-21-17;/h2-8,13H,9-12,14H2,1H3,(H,20,22);1H. The number of aliphatic imine (C=N–C) groups is 1. The summed E-state index contributed by atoms with van der Waals surface area (Å²) >= 11 is 0. The van der Waals surface area contributed by atoms with Gasteiger partial charge in [-0.1, -0.05) is 18.2 Å². The first-order chi connectivity index (χ1) is 11.8. The van der Waals surface area contributed by atoms with Gasteiger partial charge in [0.15, 0.2) is 5.96 Å². The number of rotatable bonds is 3. The number of piperazine rings is 1. The Kier molecular flexibility index (Phi) is 7.42. The van der Waals surface area contributed by atoms with Crippen LogP contribution in [0, 0.1) is 5.82 Å². The zero-order chi connectivity index (χ0) is 16.8. The van der Waals surface area contributed by atoms with Crippen molar-refractivity contribution in [2.75, 3.05) is 38.1 Å². The highest BCUT2D eigenvalue weighted by atomic mass is 127. The zero-order valence-corrected chi connectivity index (χ0v) is 16.6. The number of nitrogens with zero attached hydrogens (tertiary/aromatic N) is 4. The minimum absolute atomic E-state index is 0. The van der Waals surface area contributed by atoms with Crippen molar-refractivity contribution in [1.82, 2.24) is 15.2 Å². The van der Waals surface area contributed by atoms with Crippen LogP contribution >= 0.6 is 24.0 Å². The molecule has 0 amide bonds. The van der Waals surface area contributed by atoms with E-state index in [0.717, 1.165) is 43.5 Å². The van der Waals surface area contributed by atoms with Gasteiger partial charge in [0.25, 0.3) is 0 Å². The smallest absolute Gasteiger partial charge is 0.194 e. The largest absolute Gasteiger partial charge is 0.353 e. The first kappa shape index (κ1) is 19.4. The lowest BCUT2D eigenvalue weighted by molar-refractivity contribution is 0.371. The first-order valence-corrected chi connectivity index (χ1v) is 8.12. The highest BCUT2D eigenvalue weighted by Gasteiger charge is 2.20. The molecule has 2 heterocycles. The average Bonchev–Trinajstić information content (AvgIpc) is 2.64. The second-order valence-corrected chi connectivity index (χ2v) is 5.69. The SMILES string of the molecule is CN=C(NCc1cccc(F)c1)N1CCN(c2ccccn2)CC1.I. The molecule has 0 spiro atoms. The number of hydrogen-bond acceptors (Lipinski definition) is 3. The molecule has 1 N–H and O–H groups in total. The van der Waals surface area contributed by atoms with Gasteiger partial charge in [0.2, 0.25) is 0 Å². The summed E-state index contributed by atoms with van der Waals surface area (Å²) in [4.78, 5) is 13.2. The van der Waals surface area contributed by atoms with E-state index in [2.05, 4.69) is 25.1 Å². The van der Waals surface area contributed by atoms with Crippen LogP contribution in [0.5, 0.6) is 0 Å². The molecule has 5 nitrogen and oxygen atoms in total. The minimum atomic E-state index is -0.215. The topological polar surface area (TPSA) is 43.8 Å². The van der Waals surface area contributed by atoms with E-state index in [0.29, 0.717) is 6.54 Å². The van der Waals surface area contributed by atoms with Crippen LogP contribution in [0.3, 0.4) is 0 Å². The van der Waals surface area contributed by atoms with E-state index >= 15 is 0 Å². The molecule has 134 valence electrons. The maximum Gasteiger partial charge on any atom is 0.194 e. The summed E-state index contributed by atoms with van der Waals surface area (Å²) in [5, 5.41) is 3.31. The van der Waals surface area contributed by atoms with Crippen molar-refractivity contribution in [3.63, 3.8) is 0 Å². The molecule has 1 fully saturated rings. The van der Waals surface area contributed by atoms with Gasteiger partial charge in [-0.15, -0.1) is 24.0 Å². The number of nitrogens with one attached hydrogen (secondary N) is 1. The maximum atomic E-state index is 13.3. The molecule has 7 heteroatoms. The molecule has 0 bridgehead atoms. The minimum Gasteiger partial charge on any atom is -0.353 e. The van der Waals surface area contributed by atoms with Gasteiger partial charge >= 0.3 is 0 Å². The number of benzene rings is 1. The quantitative estimate of drug-likeness (QED) is 0.439. The molecule has 0 saturated carbocycles. The van der Waals surface area contributed by atoms with E-state index in [1.54, 1.807) is 19.2 Å². The van der Waals surface area contributed by atoms with Gasteiger partial charge in [0.1, 0.15) is 11.6 Å². The van der Waals surface area contributed by atoms with E-state index in [1.165, 1.54) is 6.07 Å². The number of guanidine groups is 1. The summed E-state index contributed by atoms with van der Waals surface area (Å²) in [6, 6.07) is 12.6. The molecule has 3 rings (SSSR count). The Labute approximate surface area is 165 Å². The van der Waals surface area contributed by atoms with E-state index in [1.807, 2.05) is 30.5 Å². The van der Waals surface area contributed by atoms with Gasteiger partial charge in [-0.3, -0.25) is 4.99 Å². The van der Waals surface area contributed by atoms with Crippen molar-refractivity contribution in [2.24, 2.45) is 4.99 Å². The Bertz CT molecular complexity index is 687. The highest BCUT2D eigenvalue weighted by molar-refractivity contribution is 14.0. The van der Waals surface area contributed by atoms with E-state index in [4.69, 9.17) is 0 Å². The number of aromatic nitrogens is 1. The van der Waals surface area contributed by atoms with E-state index in [-0.39, 0.29) is 29.8 Å². The van der Waals surface area contributed by atoms with Gasteiger partial charge < -0.3 is 15.1 Å². The van der Waals surface area contributed by atoms with Crippen LogP contribution in [0.4, 0.5) is 10.2 Å². The molecule has 0 radical (unpaired) electrons.